The van der Waals surface area contributed by atoms with E-state index in [9.17, 15) is 53.1 Å². The number of nitrogens with one attached hydrogen (secondary N) is 2. The molecule has 5 rings (SSSR count). The summed E-state index contributed by atoms with van der Waals surface area (Å²) in [6.07, 6.45) is -3.98. The number of aromatic hydroxyl groups is 2. The van der Waals surface area contributed by atoms with E-state index in [0.717, 1.165) is 10.5 Å². The van der Waals surface area contributed by atoms with Gasteiger partial charge in [0.25, 0.3) is 10.2 Å². The highest BCUT2D eigenvalue weighted by Crippen LogP contribution is 2.45. The quantitative estimate of drug-likeness (QED) is 0.0588. The van der Waals surface area contributed by atoms with Crippen LogP contribution in [0.1, 0.15) is 84.9 Å². The molecule has 0 fully saturated rings. The van der Waals surface area contributed by atoms with Crippen molar-refractivity contribution in [1.82, 2.24) is 19.9 Å². The van der Waals surface area contributed by atoms with Gasteiger partial charge in [-0.15, -0.1) is 0 Å². The fraction of sp³-hybridized carbons (Fsp3) is 0.440. The van der Waals surface area contributed by atoms with E-state index in [1.807, 2.05) is 26.8 Å². The number of aliphatic hydroxyl groups excluding tert-OH is 2. The molecule has 0 saturated carbocycles. The fourth-order valence-electron chi connectivity index (χ4n) is 8.37. The summed E-state index contributed by atoms with van der Waals surface area (Å²) < 4.78 is 38.6. The maximum absolute atomic E-state index is 15.1. The summed E-state index contributed by atoms with van der Waals surface area (Å²) in [5, 5.41) is 61.7. The Morgan fingerprint density at radius 1 is 0.904 bits per heavy atom. The van der Waals surface area contributed by atoms with Crippen molar-refractivity contribution in [2.45, 2.75) is 90.1 Å². The van der Waals surface area contributed by atoms with E-state index in [2.05, 4.69) is 15.0 Å². The molecule has 396 valence electrons. The lowest BCUT2D eigenvalue weighted by molar-refractivity contribution is -0.143. The molecule has 2 heterocycles. The fourth-order valence-corrected chi connectivity index (χ4v) is 8.80. The molecular formula is C50H66N8O14S. The number of phenols is 2. The second-order valence-electron chi connectivity index (χ2n) is 19.2. The molecule has 0 spiro atoms. The number of carboxylic acids is 1. The number of ketones is 2. The first-order chi connectivity index (χ1) is 34.2. The number of aliphatic carboxylic acids is 1. The number of hydrogen-bond acceptors (Lipinski definition) is 17. The lowest BCUT2D eigenvalue weighted by atomic mass is 9.86. The lowest BCUT2D eigenvalue weighted by Crippen LogP contribution is -2.46. The average molecular weight is 1040 g/mol. The van der Waals surface area contributed by atoms with E-state index in [4.69, 9.17) is 31.8 Å². The first-order valence-electron chi connectivity index (χ1n) is 23.4. The third-order valence-electron chi connectivity index (χ3n) is 12.4. The summed E-state index contributed by atoms with van der Waals surface area (Å²) >= 11 is 0. The molecule has 4 bridgehead atoms. The molecule has 0 aliphatic carbocycles. The van der Waals surface area contributed by atoms with Crippen LogP contribution in [0.4, 0.5) is 0 Å². The van der Waals surface area contributed by atoms with Gasteiger partial charge in [-0.3, -0.25) is 24.2 Å². The number of hydrogen-bond donors (Lipinski definition) is 11. The number of Topliss-reactive ketones (excluding diaryl/α,β-unsaturated/α-hetero) is 2. The molecule has 73 heavy (non-hydrogen) atoms. The maximum atomic E-state index is 15.1. The Balaban J connectivity index is 1.69. The molecular weight excluding hydrogens is 969 g/mol. The first kappa shape index (κ1) is 57.3. The van der Waals surface area contributed by atoms with Gasteiger partial charge in [0, 0.05) is 86.4 Å². The van der Waals surface area contributed by atoms with Crippen molar-refractivity contribution in [3.8, 4) is 45.4 Å². The number of likely N-dealkylation sites (N-methyl/N-ethyl adjacent to an activating group) is 1. The minimum atomic E-state index is -4.51. The second kappa shape index (κ2) is 24.0. The van der Waals surface area contributed by atoms with Crippen LogP contribution in [0.2, 0.25) is 0 Å². The average Bonchev–Trinajstić information content (AvgIpc) is 3.32. The number of fused-ring (bicyclic) bond motifs is 5. The number of carbonyl (C=O) groups is 5. The number of ether oxygens (including phenoxy) is 2. The number of phenolic OH excluding ortho intramolecular Hbond substituents is 2. The van der Waals surface area contributed by atoms with Crippen molar-refractivity contribution in [2.75, 3.05) is 39.9 Å². The Morgan fingerprint density at radius 3 is 2.12 bits per heavy atom. The monoisotopic (exact) mass is 1030 g/mol. The Kier molecular flexibility index (Phi) is 18.8. The number of pyridine rings is 1. The van der Waals surface area contributed by atoms with Crippen LogP contribution in [0.3, 0.4) is 0 Å². The molecule has 23 heteroatoms. The van der Waals surface area contributed by atoms with E-state index in [-0.39, 0.29) is 83.3 Å². The maximum Gasteiger partial charge on any atom is 0.326 e. The standard InChI is InChI=1S/C50H66N8O14S/c1-25-11-41(63)45(28-14-36(46(64)43(17-28)72-24-33(60)21-53)35-12-27(13-38(49(67)68)57-47(25)65)7-10-42(35)71-23-32(59)20-52)58(6)48(66)30(22-55-73(54,69)70)16-40(62)44-26(2)56-37(15-29(44)19-51)34-9-8-31(18-39(34)61)50(3,4)5/h7-10,12,14-15,17-18,25,30,32-33,38,45,55,59-61,64H,11,13,16,19-24,51-53H2,1-6H3,(H,57,65)(H,67,68)(H2,54,69,70)/t25-,30+,32-,33-,38+,45+/m1/s1. The summed E-state index contributed by atoms with van der Waals surface area (Å²) in [4.78, 5) is 76.2. The molecule has 0 radical (unpaired) electrons. The molecule has 15 N–H and O–H groups in total. The van der Waals surface area contributed by atoms with Crippen molar-refractivity contribution < 1.29 is 67.4 Å². The van der Waals surface area contributed by atoms with Gasteiger partial charge in [0.2, 0.25) is 11.8 Å². The van der Waals surface area contributed by atoms with Crippen molar-refractivity contribution in [3.05, 3.63) is 88.1 Å². The van der Waals surface area contributed by atoms with E-state index < -0.39 is 107 Å². The minimum Gasteiger partial charge on any atom is -0.507 e. The lowest BCUT2D eigenvalue weighted by Gasteiger charge is -2.32. The number of nitrogens with zero attached hydrogens (tertiary/aromatic N) is 2. The summed E-state index contributed by atoms with van der Waals surface area (Å²) in [6.45, 7) is 6.67. The predicted molar refractivity (Wildman–Crippen MR) is 268 cm³/mol. The molecule has 1 aliphatic rings. The van der Waals surface area contributed by atoms with Crippen LogP contribution in [-0.4, -0.2) is 131 Å². The summed E-state index contributed by atoms with van der Waals surface area (Å²) in [6, 6.07) is 10.4. The van der Waals surface area contributed by atoms with Crippen molar-refractivity contribution in [1.29, 1.82) is 0 Å². The highest BCUT2D eigenvalue weighted by molar-refractivity contribution is 7.87. The Labute approximate surface area is 423 Å². The number of carboxylic acid groups (broad SMARTS) is 1. The second-order valence-corrected chi connectivity index (χ2v) is 20.6. The number of aryl methyl sites for hydroxylation is 1. The normalized spacial score (nSPS) is 17.7. The third-order valence-corrected chi connectivity index (χ3v) is 13.0. The third kappa shape index (κ3) is 14.4. The zero-order valence-corrected chi connectivity index (χ0v) is 42.4. The van der Waals surface area contributed by atoms with Crippen LogP contribution in [0.5, 0.6) is 23.0 Å². The van der Waals surface area contributed by atoms with Gasteiger partial charge in [0.15, 0.2) is 23.1 Å². The molecule has 6 atom stereocenters. The molecule has 4 aromatic rings. The largest absolute Gasteiger partial charge is 0.507 e. The Hall–Kier alpha value is -6.57. The number of aliphatic hydroxyl groups is 2. The number of amides is 2. The molecule has 1 aromatic heterocycles. The SMILES string of the molecule is Cc1nc(-c2ccc(C(C)(C)C)cc2O)cc(CN)c1C(=O)C[C@@H](CNS(N)(=O)=O)C(=O)N(C)[C@@H]1C(=O)C[C@@H](C)C(=O)N[C@H](C(=O)O)Cc2ccc(OC[C@H](O)CN)c(c2)-c2cc1cc(OC[C@H](O)CN)c2O. The topological polar surface area (TPSA) is 383 Å². The van der Waals surface area contributed by atoms with Gasteiger partial charge in [0.05, 0.1) is 11.6 Å². The zero-order chi connectivity index (χ0) is 54.3. The van der Waals surface area contributed by atoms with E-state index in [1.54, 1.807) is 12.1 Å². The van der Waals surface area contributed by atoms with Crippen LogP contribution < -0.4 is 41.9 Å². The summed E-state index contributed by atoms with van der Waals surface area (Å²) in [5.41, 5.74) is 19.4. The number of rotatable bonds is 19. The smallest absolute Gasteiger partial charge is 0.326 e. The van der Waals surface area contributed by atoms with Gasteiger partial charge in [-0.05, 0) is 77.1 Å². The number of aromatic nitrogens is 1. The van der Waals surface area contributed by atoms with E-state index in [1.165, 1.54) is 57.3 Å². The van der Waals surface area contributed by atoms with Gasteiger partial charge >= 0.3 is 5.97 Å². The van der Waals surface area contributed by atoms with Crippen LogP contribution in [-0.2, 0) is 47.8 Å². The Morgan fingerprint density at radius 2 is 1.55 bits per heavy atom. The van der Waals surface area contributed by atoms with E-state index >= 15 is 4.79 Å². The number of nitrogens with two attached hydrogens (primary N) is 4. The van der Waals surface area contributed by atoms with Gasteiger partial charge in [-0.1, -0.05) is 39.8 Å². The van der Waals surface area contributed by atoms with Gasteiger partial charge in [0.1, 0.15) is 49.0 Å². The van der Waals surface area contributed by atoms with Crippen LogP contribution in [0.25, 0.3) is 22.4 Å². The minimum absolute atomic E-state index is 0.0190. The first-order valence-corrected chi connectivity index (χ1v) is 24.9. The number of benzene rings is 3. The summed E-state index contributed by atoms with van der Waals surface area (Å²) in [5.74, 6) is -8.46. The van der Waals surface area contributed by atoms with Crippen LogP contribution in [0.15, 0.2) is 54.6 Å². The zero-order valence-electron chi connectivity index (χ0n) is 41.5. The summed E-state index contributed by atoms with van der Waals surface area (Å²) in [7, 11) is -3.31. The van der Waals surface area contributed by atoms with Crippen LogP contribution in [0, 0.1) is 18.8 Å². The van der Waals surface area contributed by atoms with Crippen molar-refractivity contribution in [3.63, 3.8) is 0 Å². The molecule has 0 unspecified atom stereocenters. The molecule has 3 aromatic carbocycles. The number of carbonyl (C=O) groups excluding carboxylic acids is 4. The van der Waals surface area contributed by atoms with Gasteiger partial charge in [-0.25, -0.2) is 14.7 Å². The highest BCUT2D eigenvalue weighted by atomic mass is 32.2. The van der Waals surface area contributed by atoms with Crippen molar-refractivity contribution >= 4 is 39.6 Å². The molecule has 0 saturated heterocycles. The molecule has 2 amide bonds. The van der Waals surface area contributed by atoms with Gasteiger partial charge in [-0.2, -0.15) is 8.42 Å². The van der Waals surface area contributed by atoms with Crippen molar-refractivity contribution in [2.24, 2.45) is 34.2 Å². The van der Waals surface area contributed by atoms with Crippen LogP contribution >= 0.6 is 0 Å². The van der Waals surface area contributed by atoms with E-state index in [0.29, 0.717) is 22.4 Å². The van der Waals surface area contributed by atoms with Gasteiger partial charge < -0.3 is 62.4 Å². The molecule has 1 aliphatic heterocycles. The predicted octanol–water partition coefficient (Wildman–Crippen LogP) is 1.19. The molecule has 22 nitrogen and oxygen atoms in total. The highest BCUT2D eigenvalue weighted by Gasteiger charge is 2.38. The Bertz CT molecular complexity index is 2840.